The summed E-state index contributed by atoms with van der Waals surface area (Å²) in [6.07, 6.45) is 10.5. The molecule has 4 nitrogen and oxygen atoms in total. The lowest BCUT2D eigenvalue weighted by molar-refractivity contribution is 0.279. The molecule has 1 aliphatic heterocycles. The maximum absolute atomic E-state index is 4.45. The number of hydrogen-bond acceptors (Lipinski definition) is 3. The Morgan fingerprint density at radius 2 is 2.22 bits per heavy atom. The Kier molecular flexibility index (Phi) is 4.75. The monoisotopic (exact) mass is 250 g/mol. The van der Waals surface area contributed by atoms with Crippen LogP contribution in [0, 0.1) is 0 Å². The van der Waals surface area contributed by atoms with E-state index in [1.807, 2.05) is 4.68 Å². The van der Waals surface area contributed by atoms with Crippen LogP contribution in [0.25, 0.3) is 0 Å². The topological polar surface area (TPSA) is 42.7 Å². The summed E-state index contributed by atoms with van der Waals surface area (Å²) in [5.74, 6) is 1.14. The Balaban J connectivity index is 2.13. The number of nitrogens with zero attached hydrogens (tertiary/aromatic N) is 3. The number of aryl methyl sites for hydroxylation is 1. The van der Waals surface area contributed by atoms with Crippen molar-refractivity contribution in [2.24, 2.45) is 0 Å². The Morgan fingerprint density at radius 1 is 1.33 bits per heavy atom. The molecule has 102 valence electrons. The quantitative estimate of drug-likeness (QED) is 0.873. The van der Waals surface area contributed by atoms with E-state index in [1.54, 1.807) is 6.33 Å². The summed E-state index contributed by atoms with van der Waals surface area (Å²) in [5.41, 5.74) is 0.255. The van der Waals surface area contributed by atoms with Crippen molar-refractivity contribution in [3.8, 4) is 0 Å². The second-order valence-electron chi connectivity index (χ2n) is 5.44. The molecule has 2 rings (SSSR count). The minimum atomic E-state index is 0.255. The van der Waals surface area contributed by atoms with Crippen molar-refractivity contribution in [1.29, 1.82) is 0 Å². The van der Waals surface area contributed by atoms with Crippen LogP contribution in [0.5, 0.6) is 0 Å². The molecule has 0 amide bonds. The van der Waals surface area contributed by atoms with Crippen LogP contribution in [-0.2, 0) is 13.0 Å². The summed E-state index contributed by atoms with van der Waals surface area (Å²) < 4.78 is 2.03. The highest BCUT2D eigenvalue weighted by molar-refractivity contribution is 5.00. The molecule has 0 bridgehead atoms. The van der Waals surface area contributed by atoms with Crippen molar-refractivity contribution in [1.82, 2.24) is 20.1 Å². The van der Waals surface area contributed by atoms with Gasteiger partial charge in [0, 0.05) is 18.5 Å². The van der Waals surface area contributed by atoms with E-state index in [-0.39, 0.29) is 5.54 Å². The first-order chi connectivity index (χ1) is 8.79. The number of nitrogens with one attached hydrogen (secondary N) is 1. The summed E-state index contributed by atoms with van der Waals surface area (Å²) in [6.45, 7) is 6.47. The highest BCUT2D eigenvalue weighted by Crippen LogP contribution is 2.27. The maximum Gasteiger partial charge on any atom is 0.138 e. The lowest BCUT2D eigenvalue weighted by Gasteiger charge is -2.33. The molecule has 0 saturated carbocycles. The maximum atomic E-state index is 4.45. The van der Waals surface area contributed by atoms with Gasteiger partial charge in [-0.05, 0) is 32.7 Å². The van der Waals surface area contributed by atoms with Crippen molar-refractivity contribution < 1.29 is 0 Å². The van der Waals surface area contributed by atoms with Crippen molar-refractivity contribution in [3.63, 3.8) is 0 Å². The zero-order valence-corrected chi connectivity index (χ0v) is 11.8. The number of rotatable bonds is 5. The normalized spacial score (nSPS) is 25.0. The molecule has 0 aliphatic carbocycles. The molecular formula is C14H26N4. The first kappa shape index (κ1) is 13.5. The largest absolute Gasteiger partial charge is 0.311 e. The highest BCUT2D eigenvalue weighted by atomic mass is 15.3. The zero-order chi connectivity index (χ0) is 12.8. The molecule has 1 aliphatic rings. The van der Waals surface area contributed by atoms with Crippen molar-refractivity contribution in [2.75, 3.05) is 6.54 Å². The molecule has 2 heterocycles. The van der Waals surface area contributed by atoms with Crippen LogP contribution in [0.1, 0.15) is 58.2 Å². The predicted molar refractivity (Wildman–Crippen MR) is 73.5 cm³/mol. The van der Waals surface area contributed by atoms with Crippen molar-refractivity contribution in [3.05, 3.63) is 12.2 Å². The third-order valence-electron chi connectivity index (χ3n) is 4.05. The minimum Gasteiger partial charge on any atom is -0.311 e. The molecule has 1 N–H and O–H groups in total. The second kappa shape index (κ2) is 6.32. The van der Waals surface area contributed by atoms with E-state index in [2.05, 4.69) is 29.2 Å². The van der Waals surface area contributed by atoms with Crippen molar-refractivity contribution >= 4 is 0 Å². The molecule has 0 aromatic carbocycles. The highest BCUT2D eigenvalue weighted by Gasteiger charge is 2.31. The first-order valence-electron chi connectivity index (χ1n) is 7.41. The van der Waals surface area contributed by atoms with Crippen LogP contribution in [0.4, 0.5) is 0 Å². The van der Waals surface area contributed by atoms with Gasteiger partial charge in [-0.1, -0.05) is 26.2 Å². The fraction of sp³-hybridized carbons (Fsp3) is 0.857. The molecule has 4 heteroatoms. The summed E-state index contributed by atoms with van der Waals surface area (Å²) in [4.78, 5) is 4.45. The standard InChI is InChI=1S/C14H26N4/c1-3-8-14(9-6-5-7-10-16-14)11-13-15-12-17-18(13)4-2/h12,16H,3-11H2,1-2H3. The van der Waals surface area contributed by atoms with Gasteiger partial charge in [-0.2, -0.15) is 5.10 Å². The molecule has 1 atom stereocenters. The van der Waals surface area contributed by atoms with Gasteiger partial charge in [0.25, 0.3) is 0 Å². The fourth-order valence-corrected chi connectivity index (χ4v) is 3.13. The Hall–Kier alpha value is -0.900. The molecule has 0 spiro atoms. The van der Waals surface area contributed by atoms with Gasteiger partial charge in [-0.25, -0.2) is 4.98 Å². The average molecular weight is 250 g/mol. The molecule has 1 aromatic heterocycles. The summed E-state index contributed by atoms with van der Waals surface area (Å²) in [6, 6.07) is 0. The molecule has 0 radical (unpaired) electrons. The second-order valence-corrected chi connectivity index (χ2v) is 5.44. The predicted octanol–water partition coefficient (Wildman–Crippen LogP) is 2.54. The van der Waals surface area contributed by atoms with Gasteiger partial charge in [0.2, 0.25) is 0 Å². The van der Waals surface area contributed by atoms with Crippen LogP contribution in [0.3, 0.4) is 0 Å². The van der Waals surface area contributed by atoms with E-state index < -0.39 is 0 Å². The molecule has 18 heavy (non-hydrogen) atoms. The van der Waals surface area contributed by atoms with Gasteiger partial charge < -0.3 is 5.32 Å². The molecule has 1 saturated heterocycles. The first-order valence-corrected chi connectivity index (χ1v) is 7.41. The minimum absolute atomic E-state index is 0.255. The van der Waals surface area contributed by atoms with Gasteiger partial charge in [0.05, 0.1) is 0 Å². The summed E-state index contributed by atoms with van der Waals surface area (Å²) in [7, 11) is 0. The van der Waals surface area contributed by atoms with Gasteiger partial charge in [0.15, 0.2) is 0 Å². The third-order valence-corrected chi connectivity index (χ3v) is 4.05. The van der Waals surface area contributed by atoms with Crippen LogP contribution in [-0.4, -0.2) is 26.8 Å². The molecule has 1 fully saturated rings. The third kappa shape index (κ3) is 3.10. The zero-order valence-electron chi connectivity index (χ0n) is 11.8. The summed E-state index contributed by atoms with van der Waals surface area (Å²) in [5, 5.41) is 8.10. The van der Waals surface area contributed by atoms with Crippen LogP contribution in [0.2, 0.25) is 0 Å². The molecule has 1 unspecified atom stereocenters. The van der Waals surface area contributed by atoms with E-state index in [9.17, 15) is 0 Å². The van der Waals surface area contributed by atoms with Gasteiger partial charge >= 0.3 is 0 Å². The van der Waals surface area contributed by atoms with Crippen molar-refractivity contribution in [2.45, 2.75) is 70.9 Å². The van der Waals surface area contributed by atoms with E-state index >= 15 is 0 Å². The van der Waals surface area contributed by atoms with Crippen LogP contribution in [0.15, 0.2) is 6.33 Å². The Morgan fingerprint density at radius 3 is 3.00 bits per heavy atom. The smallest absolute Gasteiger partial charge is 0.138 e. The lowest BCUT2D eigenvalue weighted by Crippen LogP contribution is -2.47. The Bertz CT molecular complexity index is 350. The Labute approximate surface area is 110 Å². The summed E-state index contributed by atoms with van der Waals surface area (Å²) >= 11 is 0. The lowest BCUT2D eigenvalue weighted by atomic mass is 9.85. The van der Waals surface area contributed by atoms with E-state index in [1.165, 1.54) is 38.5 Å². The van der Waals surface area contributed by atoms with Gasteiger partial charge in [-0.3, -0.25) is 4.68 Å². The van der Waals surface area contributed by atoms with E-state index in [0.717, 1.165) is 25.3 Å². The average Bonchev–Trinajstić information content (AvgIpc) is 2.68. The van der Waals surface area contributed by atoms with E-state index in [0.29, 0.717) is 0 Å². The number of hydrogen-bond donors (Lipinski definition) is 1. The number of aromatic nitrogens is 3. The van der Waals surface area contributed by atoms with E-state index in [4.69, 9.17) is 0 Å². The fourth-order valence-electron chi connectivity index (χ4n) is 3.13. The van der Waals surface area contributed by atoms with Crippen LogP contribution >= 0.6 is 0 Å². The van der Waals surface area contributed by atoms with Crippen LogP contribution < -0.4 is 5.32 Å². The molecule has 1 aromatic rings. The van der Waals surface area contributed by atoms with Gasteiger partial charge in [-0.15, -0.1) is 0 Å². The molecular weight excluding hydrogens is 224 g/mol. The van der Waals surface area contributed by atoms with Gasteiger partial charge in [0.1, 0.15) is 12.2 Å². The SMILES string of the molecule is CCCC1(Cc2ncnn2CC)CCCCCN1.